The smallest absolute Gasteiger partial charge is 0.303 e. The van der Waals surface area contributed by atoms with Crippen LogP contribution in [0.2, 0.25) is 0 Å². The van der Waals surface area contributed by atoms with Crippen LogP contribution < -0.4 is 0 Å². The number of rotatable bonds is 8. The van der Waals surface area contributed by atoms with Gasteiger partial charge in [-0.15, -0.1) is 0 Å². The summed E-state index contributed by atoms with van der Waals surface area (Å²) >= 11 is 0. The maximum atomic E-state index is 11.2. The van der Waals surface area contributed by atoms with Gasteiger partial charge in [0.15, 0.2) is 0 Å². The van der Waals surface area contributed by atoms with Gasteiger partial charge >= 0.3 is 5.97 Å². The average molecular weight is 274 g/mol. The van der Waals surface area contributed by atoms with E-state index in [0.717, 1.165) is 29.4 Å². The number of benzene rings is 1. The Morgan fingerprint density at radius 2 is 2.05 bits per heavy atom. The summed E-state index contributed by atoms with van der Waals surface area (Å²) < 4.78 is 0. The first-order valence-corrected chi connectivity index (χ1v) is 7.00. The van der Waals surface area contributed by atoms with Crippen molar-refractivity contribution in [2.75, 3.05) is 0 Å². The molecule has 0 aliphatic heterocycles. The first kappa shape index (κ1) is 16.2. The standard InChI is InChI=1S/C17H22O3/c1-3-14(8-9-17(19)20)10-15(12-18)11-16-7-5-4-6-13(16)2/h4-7,11-12,14H,3,8-10H2,1-2H3,(H,19,20). The van der Waals surface area contributed by atoms with Crippen molar-refractivity contribution in [3.63, 3.8) is 0 Å². The molecular weight excluding hydrogens is 252 g/mol. The molecule has 1 aromatic rings. The lowest BCUT2D eigenvalue weighted by molar-refractivity contribution is -0.137. The van der Waals surface area contributed by atoms with E-state index < -0.39 is 5.97 Å². The van der Waals surface area contributed by atoms with Gasteiger partial charge < -0.3 is 5.11 Å². The molecule has 1 rings (SSSR count). The van der Waals surface area contributed by atoms with Gasteiger partial charge in [0.05, 0.1) is 0 Å². The van der Waals surface area contributed by atoms with Gasteiger partial charge in [-0.25, -0.2) is 0 Å². The highest BCUT2D eigenvalue weighted by Gasteiger charge is 2.11. The lowest BCUT2D eigenvalue weighted by Gasteiger charge is -2.13. The van der Waals surface area contributed by atoms with Crippen molar-refractivity contribution in [1.29, 1.82) is 0 Å². The van der Waals surface area contributed by atoms with Gasteiger partial charge in [0.2, 0.25) is 0 Å². The van der Waals surface area contributed by atoms with Crippen molar-refractivity contribution in [2.24, 2.45) is 5.92 Å². The molecule has 1 unspecified atom stereocenters. The summed E-state index contributed by atoms with van der Waals surface area (Å²) in [6, 6.07) is 7.91. The lowest BCUT2D eigenvalue weighted by Crippen LogP contribution is -2.05. The third kappa shape index (κ3) is 5.39. The predicted octanol–water partition coefficient (Wildman–Crippen LogP) is 3.86. The van der Waals surface area contributed by atoms with Gasteiger partial charge in [-0.05, 0) is 48.5 Å². The molecule has 0 aromatic heterocycles. The first-order valence-electron chi connectivity index (χ1n) is 7.00. The number of aryl methyl sites for hydroxylation is 1. The highest BCUT2D eigenvalue weighted by molar-refractivity contribution is 5.82. The second-order valence-corrected chi connectivity index (χ2v) is 5.10. The summed E-state index contributed by atoms with van der Waals surface area (Å²) in [5.41, 5.74) is 2.91. The SMILES string of the molecule is CCC(CCC(=O)O)CC(C=O)=Cc1ccccc1C. The molecule has 20 heavy (non-hydrogen) atoms. The van der Waals surface area contributed by atoms with Crippen molar-refractivity contribution >= 4 is 18.3 Å². The fourth-order valence-corrected chi connectivity index (χ4v) is 2.20. The minimum Gasteiger partial charge on any atom is -0.481 e. The molecule has 0 spiro atoms. The maximum Gasteiger partial charge on any atom is 0.303 e. The number of carbonyl (C=O) groups is 2. The zero-order chi connectivity index (χ0) is 15.0. The summed E-state index contributed by atoms with van der Waals surface area (Å²) in [5, 5.41) is 8.74. The van der Waals surface area contributed by atoms with Gasteiger partial charge in [-0.3, -0.25) is 9.59 Å². The number of allylic oxidation sites excluding steroid dienone is 1. The Hall–Kier alpha value is -1.90. The molecule has 1 N–H and O–H groups in total. The highest BCUT2D eigenvalue weighted by Crippen LogP contribution is 2.22. The van der Waals surface area contributed by atoms with E-state index >= 15 is 0 Å². The quantitative estimate of drug-likeness (QED) is 0.578. The van der Waals surface area contributed by atoms with Crippen LogP contribution >= 0.6 is 0 Å². The molecule has 0 heterocycles. The molecule has 0 aliphatic rings. The zero-order valence-electron chi connectivity index (χ0n) is 12.1. The highest BCUT2D eigenvalue weighted by atomic mass is 16.4. The van der Waals surface area contributed by atoms with Crippen LogP contribution in [0.4, 0.5) is 0 Å². The van der Waals surface area contributed by atoms with Crippen LogP contribution in [-0.2, 0) is 9.59 Å². The number of aldehydes is 1. The van der Waals surface area contributed by atoms with Gasteiger partial charge in [0, 0.05) is 6.42 Å². The minimum atomic E-state index is -0.779. The van der Waals surface area contributed by atoms with E-state index in [9.17, 15) is 9.59 Å². The normalized spacial score (nSPS) is 13.0. The lowest BCUT2D eigenvalue weighted by atomic mass is 9.91. The van der Waals surface area contributed by atoms with Crippen molar-refractivity contribution in [3.05, 3.63) is 41.0 Å². The number of carboxylic acids is 1. The van der Waals surface area contributed by atoms with Gasteiger partial charge in [-0.1, -0.05) is 37.6 Å². The maximum absolute atomic E-state index is 11.2. The van der Waals surface area contributed by atoms with Crippen LogP contribution in [-0.4, -0.2) is 17.4 Å². The Morgan fingerprint density at radius 1 is 1.35 bits per heavy atom. The molecule has 0 bridgehead atoms. The van der Waals surface area contributed by atoms with Crippen LogP contribution in [0.3, 0.4) is 0 Å². The predicted molar refractivity (Wildman–Crippen MR) is 80.5 cm³/mol. The third-order valence-electron chi connectivity index (χ3n) is 3.55. The summed E-state index contributed by atoms with van der Waals surface area (Å²) in [6.07, 6.45) is 5.09. The molecule has 1 atom stereocenters. The Kier molecular flexibility index (Phi) is 6.71. The van der Waals surface area contributed by atoms with Crippen molar-refractivity contribution in [1.82, 2.24) is 0 Å². The van der Waals surface area contributed by atoms with E-state index in [4.69, 9.17) is 5.11 Å². The van der Waals surface area contributed by atoms with Crippen LogP contribution in [0.1, 0.15) is 43.7 Å². The largest absolute Gasteiger partial charge is 0.481 e. The van der Waals surface area contributed by atoms with Crippen molar-refractivity contribution < 1.29 is 14.7 Å². The molecule has 0 aliphatic carbocycles. The second-order valence-electron chi connectivity index (χ2n) is 5.10. The van der Waals surface area contributed by atoms with Crippen molar-refractivity contribution in [3.8, 4) is 0 Å². The van der Waals surface area contributed by atoms with E-state index in [1.54, 1.807) is 0 Å². The van der Waals surface area contributed by atoms with Gasteiger partial charge in [-0.2, -0.15) is 0 Å². The number of aliphatic carboxylic acids is 1. The van der Waals surface area contributed by atoms with Gasteiger partial charge in [0.25, 0.3) is 0 Å². The first-order chi connectivity index (χ1) is 9.56. The Morgan fingerprint density at radius 3 is 2.60 bits per heavy atom. The van der Waals surface area contributed by atoms with Crippen LogP contribution in [0.15, 0.2) is 29.8 Å². The Balaban J connectivity index is 2.77. The van der Waals surface area contributed by atoms with E-state index in [1.165, 1.54) is 0 Å². The zero-order valence-corrected chi connectivity index (χ0v) is 12.1. The molecular formula is C17H22O3. The summed E-state index contributed by atoms with van der Waals surface area (Å²) in [7, 11) is 0. The summed E-state index contributed by atoms with van der Waals surface area (Å²) in [6.45, 7) is 4.04. The number of carboxylic acid groups (broad SMARTS) is 1. The molecule has 1 aromatic carbocycles. The molecule has 0 saturated carbocycles. The molecule has 3 heteroatoms. The molecule has 0 radical (unpaired) electrons. The fraction of sp³-hybridized carbons (Fsp3) is 0.412. The van der Waals surface area contributed by atoms with E-state index in [1.807, 2.05) is 44.2 Å². The second kappa shape index (κ2) is 8.31. The van der Waals surface area contributed by atoms with Crippen LogP contribution in [0.5, 0.6) is 0 Å². The number of carbonyl (C=O) groups excluding carboxylic acids is 1. The molecule has 0 amide bonds. The third-order valence-corrected chi connectivity index (χ3v) is 3.55. The van der Waals surface area contributed by atoms with Crippen LogP contribution in [0.25, 0.3) is 6.08 Å². The Labute approximate surface area is 120 Å². The van der Waals surface area contributed by atoms with Crippen LogP contribution in [0, 0.1) is 12.8 Å². The topological polar surface area (TPSA) is 54.4 Å². The molecule has 108 valence electrons. The minimum absolute atomic E-state index is 0.162. The molecule has 3 nitrogen and oxygen atoms in total. The monoisotopic (exact) mass is 274 g/mol. The summed E-state index contributed by atoms with van der Waals surface area (Å²) in [4.78, 5) is 21.9. The number of hydrogen-bond donors (Lipinski definition) is 1. The summed E-state index contributed by atoms with van der Waals surface area (Å²) in [5.74, 6) is -0.537. The van der Waals surface area contributed by atoms with Crippen molar-refractivity contribution in [2.45, 2.75) is 39.5 Å². The molecule has 0 saturated heterocycles. The average Bonchev–Trinajstić information content (AvgIpc) is 2.44. The molecule has 0 fully saturated rings. The fourth-order valence-electron chi connectivity index (χ4n) is 2.20. The van der Waals surface area contributed by atoms with E-state index in [2.05, 4.69) is 0 Å². The van der Waals surface area contributed by atoms with Gasteiger partial charge in [0.1, 0.15) is 6.29 Å². The van der Waals surface area contributed by atoms with E-state index in [0.29, 0.717) is 12.8 Å². The van der Waals surface area contributed by atoms with E-state index in [-0.39, 0.29) is 12.3 Å². The Bertz CT molecular complexity index is 489. The number of hydrogen-bond acceptors (Lipinski definition) is 2.